The van der Waals surface area contributed by atoms with Crippen molar-refractivity contribution >= 4 is 15.2 Å². The molecule has 2 rings (SSSR count). The maximum atomic E-state index is 11.5. The van der Waals surface area contributed by atoms with Gasteiger partial charge >= 0.3 is 5.97 Å². The van der Waals surface area contributed by atoms with Crippen LogP contribution in [-0.4, -0.2) is 29.0 Å². The molecule has 0 fully saturated rings. The number of carboxylic acid groups (broad SMARTS) is 1. The lowest BCUT2D eigenvalue weighted by atomic mass is 9.80. The number of benzene rings is 2. The molecule has 0 bridgehead atoms. The Morgan fingerprint density at radius 3 is 2.35 bits per heavy atom. The van der Waals surface area contributed by atoms with E-state index in [-0.39, 0.29) is 12.5 Å². The average Bonchev–Trinajstić information content (AvgIpc) is 2.63. The summed E-state index contributed by atoms with van der Waals surface area (Å²) in [6.45, 7) is 5.50. The number of carbonyl (C=O) groups is 1. The Morgan fingerprint density at radius 1 is 1.15 bits per heavy atom. The number of aliphatic hydroxyl groups excluding tert-OH is 1. The summed E-state index contributed by atoms with van der Waals surface area (Å²) in [5.74, 6) is -0.742. The Labute approximate surface area is 158 Å². The first-order valence-electron chi connectivity index (χ1n) is 9.00. The smallest absolute Gasteiger partial charge is 0.311 e. The molecule has 0 aliphatic rings. The fraction of sp³-hybridized carbons (Fsp3) is 0.409. The van der Waals surface area contributed by atoms with Gasteiger partial charge in [0.25, 0.3) is 0 Å². The molecule has 3 nitrogen and oxygen atoms in total. The van der Waals surface area contributed by atoms with Crippen LogP contribution in [0.2, 0.25) is 0 Å². The third kappa shape index (κ3) is 4.93. The molecule has 0 spiro atoms. The second-order valence-corrected chi connectivity index (χ2v) is 8.02. The van der Waals surface area contributed by atoms with Gasteiger partial charge in [0.2, 0.25) is 0 Å². The third-order valence-electron chi connectivity index (χ3n) is 5.12. The van der Waals surface area contributed by atoms with Crippen molar-refractivity contribution in [3.63, 3.8) is 0 Å². The van der Waals surface area contributed by atoms with Crippen LogP contribution >= 0.6 is 9.24 Å². The fourth-order valence-corrected chi connectivity index (χ4v) is 3.63. The minimum absolute atomic E-state index is 0.194. The van der Waals surface area contributed by atoms with E-state index in [9.17, 15) is 15.0 Å². The van der Waals surface area contributed by atoms with Crippen LogP contribution in [0.4, 0.5) is 0 Å². The van der Waals surface area contributed by atoms with E-state index in [1.54, 1.807) is 6.92 Å². The van der Waals surface area contributed by atoms with E-state index in [0.717, 1.165) is 12.6 Å². The summed E-state index contributed by atoms with van der Waals surface area (Å²) in [5.41, 5.74) is 5.05. The van der Waals surface area contributed by atoms with E-state index in [1.165, 1.54) is 27.8 Å². The van der Waals surface area contributed by atoms with Crippen LogP contribution in [-0.2, 0) is 11.2 Å². The van der Waals surface area contributed by atoms with Crippen molar-refractivity contribution in [3.05, 3.63) is 59.2 Å². The number of rotatable bonds is 8. The summed E-state index contributed by atoms with van der Waals surface area (Å²) in [4.78, 5) is 11.5. The topological polar surface area (TPSA) is 57.5 Å². The Kier molecular flexibility index (Phi) is 6.97. The number of aliphatic carboxylic acids is 1. The molecule has 0 aromatic heterocycles. The lowest BCUT2D eigenvalue weighted by Crippen LogP contribution is -2.34. The van der Waals surface area contributed by atoms with Crippen molar-refractivity contribution in [2.75, 3.05) is 12.8 Å². The molecule has 2 N–H and O–H groups in total. The quantitative estimate of drug-likeness (QED) is 0.672. The summed E-state index contributed by atoms with van der Waals surface area (Å²) in [6.07, 6.45) is 2.07. The molecule has 0 aliphatic heterocycles. The normalized spacial score (nSPS) is 14.7. The highest BCUT2D eigenvalue weighted by molar-refractivity contribution is 7.16. The highest BCUT2D eigenvalue weighted by Crippen LogP contribution is 2.30. The van der Waals surface area contributed by atoms with Crippen molar-refractivity contribution in [1.29, 1.82) is 0 Å². The maximum absolute atomic E-state index is 11.5. The zero-order valence-electron chi connectivity index (χ0n) is 15.8. The first-order valence-corrected chi connectivity index (χ1v) is 9.81. The molecule has 0 aliphatic carbocycles. The number of hydrogen-bond donors (Lipinski definition) is 2. The van der Waals surface area contributed by atoms with Crippen LogP contribution < -0.4 is 0 Å². The predicted octanol–water partition coefficient (Wildman–Crippen LogP) is 4.48. The lowest BCUT2D eigenvalue weighted by Gasteiger charge is -2.27. The van der Waals surface area contributed by atoms with Crippen LogP contribution in [0.1, 0.15) is 30.0 Å². The number of aliphatic hydroxyl groups is 1. The Hall–Kier alpha value is -1.70. The summed E-state index contributed by atoms with van der Waals surface area (Å²) < 4.78 is 0. The fourth-order valence-electron chi connectivity index (χ4n) is 3.30. The highest BCUT2D eigenvalue weighted by atomic mass is 31.0. The van der Waals surface area contributed by atoms with Crippen LogP contribution in [0.3, 0.4) is 0 Å². The average molecular weight is 372 g/mol. The van der Waals surface area contributed by atoms with Crippen LogP contribution in [0, 0.1) is 25.2 Å². The molecule has 2 aromatic rings. The van der Waals surface area contributed by atoms with Crippen LogP contribution in [0.15, 0.2) is 42.5 Å². The first-order chi connectivity index (χ1) is 12.3. The SMILES string of the molecule is Cc1ccc(C)c(-c2ccc(C[C@@H](CP)C[C@@](C)(CO)C(=O)O)cc2)c1. The number of aryl methyl sites for hydroxylation is 2. The predicted molar refractivity (Wildman–Crippen MR) is 111 cm³/mol. The van der Waals surface area contributed by atoms with Crippen LogP contribution in [0.5, 0.6) is 0 Å². The zero-order valence-corrected chi connectivity index (χ0v) is 17.0. The summed E-state index contributed by atoms with van der Waals surface area (Å²) in [5, 5.41) is 18.9. The van der Waals surface area contributed by atoms with Gasteiger partial charge in [-0.3, -0.25) is 4.79 Å². The molecule has 0 saturated heterocycles. The van der Waals surface area contributed by atoms with Gasteiger partial charge in [-0.15, -0.1) is 9.24 Å². The van der Waals surface area contributed by atoms with Gasteiger partial charge in [-0.2, -0.15) is 0 Å². The molecule has 4 heteroatoms. The monoisotopic (exact) mass is 372 g/mol. The molecule has 0 saturated carbocycles. The summed E-state index contributed by atoms with van der Waals surface area (Å²) in [6, 6.07) is 15.0. The highest BCUT2D eigenvalue weighted by Gasteiger charge is 2.34. The molecule has 140 valence electrons. The molecular formula is C22H29O3P. The number of carboxylic acids is 1. The van der Waals surface area contributed by atoms with Gasteiger partial charge in [0.15, 0.2) is 0 Å². The van der Waals surface area contributed by atoms with Crippen molar-refractivity contribution in [3.8, 4) is 11.1 Å². The van der Waals surface area contributed by atoms with Gasteiger partial charge in [0, 0.05) is 0 Å². The van der Waals surface area contributed by atoms with Crippen molar-refractivity contribution in [1.82, 2.24) is 0 Å². The second-order valence-electron chi connectivity index (χ2n) is 7.55. The maximum Gasteiger partial charge on any atom is 0.311 e. The molecular weight excluding hydrogens is 343 g/mol. The van der Waals surface area contributed by atoms with E-state index in [0.29, 0.717) is 6.42 Å². The Bertz CT molecular complexity index is 754. The van der Waals surface area contributed by atoms with Crippen LogP contribution in [0.25, 0.3) is 11.1 Å². The van der Waals surface area contributed by atoms with E-state index in [2.05, 4.69) is 65.6 Å². The molecule has 0 amide bonds. The first kappa shape index (κ1) is 20.6. The van der Waals surface area contributed by atoms with Gasteiger partial charge in [-0.25, -0.2) is 0 Å². The summed E-state index contributed by atoms with van der Waals surface area (Å²) in [7, 11) is 2.71. The molecule has 2 aromatic carbocycles. The van der Waals surface area contributed by atoms with Gasteiger partial charge in [0.1, 0.15) is 0 Å². The van der Waals surface area contributed by atoms with Crippen molar-refractivity contribution in [2.24, 2.45) is 11.3 Å². The third-order valence-corrected chi connectivity index (χ3v) is 5.79. The van der Waals surface area contributed by atoms with Gasteiger partial charge in [-0.05, 0) is 67.9 Å². The van der Waals surface area contributed by atoms with E-state index < -0.39 is 11.4 Å². The van der Waals surface area contributed by atoms with Gasteiger partial charge in [-0.1, -0.05) is 48.0 Å². The molecule has 0 heterocycles. The van der Waals surface area contributed by atoms with Gasteiger partial charge in [0.05, 0.1) is 12.0 Å². The van der Waals surface area contributed by atoms with E-state index in [4.69, 9.17) is 0 Å². The summed E-state index contributed by atoms with van der Waals surface area (Å²) >= 11 is 0. The van der Waals surface area contributed by atoms with Gasteiger partial charge < -0.3 is 10.2 Å². The van der Waals surface area contributed by atoms with E-state index in [1.807, 2.05) is 0 Å². The largest absolute Gasteiger partial charge is 0.481 e. The molecule has 0 radical (unpaired) electrons. The molecule has 26 heavy (non-hydrogen) atoms. The Balaban J connectivity index is 2.15. The zero-order chi connectivity index (χ0) is 19.3. The Morgan fingerprint density at radius 2 is 1.81 bits per heavy atom. The minimum atomic E-state index is -1.08. The van der Waals surface area contributed by atoms with Crippen molar-refractivity contribution < 1.29 is 15.0 Å². The minimum Gasteiger partial charge on any atom is -0.481 e. The standard InChI is InChI=1S/C22H29O3P/c1-15-4-5-16(2)20(10-15)19-8-6-17(7-9-19)11-18(13-26)12-22(3,14-23)21(24)25/h4-10,18,23H,11-14,26H2,1-3H3,(H,24,25)/t18-,22+/m1/s1. The molecule has 3 atom stereocenters. The number of hydrogen-bond acceptors (Lipinski definition) is 2. The molecule has 1 unspecified atom stereocenters. The van der Waals surface area contributed by atoms with Crippen molar-refractivity contribution in [2.45, 2.75) is 33.6 Å². The lowest BCUT2D eigenvalue weighted by molar-refractivity contribution is -0.151. The second kappa shape index (κ2) is 8.79. The van der Waals surface area contributed by atoms with E-state index >= 15 is 0 Å².